The summed E-state index contributed by atoms with van der Waals surface area (Å²) in [7, 11) is 0. The number of carbonyl (C=O) groups is 1. The minimum atomic E-state index is -1.55. The van der Waals surface area contributed by atoms with E-state index >= 15 is 0 Å². The molecule has 0 amide bonds. The number of benzene rings is 2. The molecule has 1 aliphatic rings. The van der Waals surface area contributed by atoms with Crippen LogP contribution < -0.4 is 4.74 Å². The fourth-order valence-corrected chi connectivity index (χ4v) is 2.92. The van der Waals surface area contributed by atoms with Crippen LogP contribution in [-0.2, 0) is 4.74 Å². The summed E-state index contributed by atoms with van der Waals surface area (Å²) in [6, 6.07) is 13.0. The number of carboxylic acid groups (broad SMARTS) is 1. The molecule has 2 aromatic carbocycles. The Balaban J connectivity index is 1.90. The van der Waals surface area contributed by atoms with Gasteiger partial charge in [0.05, 0.1) is 12.2 Å². The zero-order valence-electron chi connectivity index (χ0n) is 14.2. The number of aromatic carboxylic acids is 1. The van der Waals surface area contributed by atoms with Crippen molar-refractivity contribution in [1.82, 2.24) is 0 Å². The summed E-state index contributed by atoms with van der Waals surface area (Å²) < 4.78 is 11.1. The van der Waals surface area contributed by atoms with Crippen molar-refractivity contribution in [2.24, 2.45) is 0 Å². The first kappa shape index (κ1) is 19.3. The van der Waals surface area contributed by atoms with Gasteiger partial charge >= 0.3 is 5.97 Å². The average molecular weight is 376 g/mol. The first-order chi connectivity index (χ1) is 12.9. The largest absolute Gasteiger partial charge is 0.478 e. The van der Waals surface area contributed by atoms with Crippen LogP contribution in [0.4, 0.5) is 0 Å². The van der Waals surface area contributed by atoms with E-state index in [1.165, 1.54) is 12.1 Å². The SMILES string of the molecule is O=C(O)c1cccc(-c2ccccc2O[C@H]2O[C@H](CO)[C@@H](O)[C@@H](O)[C@@H]2O)c1. The van der Waals surface area contributed by atoms with Gasteiger partial charge in [0.25, 0.3) is 0 Å². The third kappa shape index (κ3) is 3.95. The van der Waals surface area contributed by atoms with Gasteiger partial charge in [-0.1, -0.05) is 30.3 Å². The molecule has 0 unspecified atom stereocenters. The quantitative estimate of drug-likeness (QED) is 0.500. The summed E-state index contributed by atoms with van der Waals surface area (Å²) in [6.45, 7) is -0.562. The van der Waals surface area contributed by atoms with E-state index in [2.05, 4.69) is 0 Å². The van der Waals surface area contributed by atoms with Crippen molar-refractivity contribution in [2.75, 3.05) is 6.61 Å². The molecule has 27 heavy (non-hydrogen) atoms. The van der Waals surface area contributed by atoms with E-state index in [1.54, 1.807) is 36.4 Å². The summed E-state index contributed by atoms with van der Waals surface area (Å²) in [6.07, 6.45) is -6.99. The zero-order chi connectivity index (χ0) is 19.6. The van der Waals surface area contributed by atoms with Crippen LogP contribution >= 0.6 is 0 Å². The predicted molar refractivity (Wildman–Crippen MR) is 93.2 cm³/mol. The molecule has 144 valence electrons. The second kappa shape index (κ2) is 8.03. The van der Waals surface area contributed by atoms with E-state index in [1.807, 2.05) is 0 Å². The van der Waals surface area contributed by atoms with Crippen LogP contribution in [0.3, 0.4) is 0 Å². The van der Waals surface area contributed by atoms with Crippen LogP contribution in [0, 0.1) is 0 Å². The first-order valence-electron chi connectivity index (χ1n) is 8.32. The Morgan fingerprint density at radius 2 is 1.74 bits per heavy atom. The van der Waals surface area contributed by atoms with Crippen LogP contribution in [-0.4, -0.2) is 68.8 Å². The van der Waals surface area contributed by atoms with Gasteiger partial charge in [0.1, 0.15) is 30.2 Å². The second-order valence-electron chi connectivity index (χ2n) is 6.20. The standard InChI is InChI=1S/C19H20O8/c20-9-14-15(21)16(22)17(23)19(27-14)26-13-7-2-1-6-12(13)10-4-3-5-11(8-10)18(24)25/h1-8,14-17,19-23H,9H2,(H,24,25)/t14-,15-,16-,17+,19+/m1/s1. The first-order valence-corrected chi connectivity index (χ1v) is 8.32. The Bertz CT molecular complexity index is 806. The lowest BCUT2D eigenvalue weighted by molar-refractivity contribution is -0.277. The Morgan fingerprint density at radius 3 is 2.44 bits per heavy atom. The molecule has 0 radical (unpaired) electrons. The molecule has 8 heteroatoms. The van der Waals surface area contributed by atoms with E-state index < -0.39 is 43.3 Å². The number of ether oxygens (including phenoxy) is 2. The molecule has 1 aliphatic heterocycles. The molecule has 3 rings (SSSR count). The maximum Gasteiger partial charge on any atom is 0.335 e. The van der Waals surface area contributed by atoms with Crippen LogP contribution in [0.5, 0.6) is 5.75 Å². The molecule has 8 nitrogen and oxygen atoms in total. The molecule has 1 heterocycles. The van der Waals surface area contributed by atoms with Crippen molar-refractivity contribution < 1.29 is 39.8 Å². The van der Waals surface area contributed by atoms with Gasteiger partial charge in [0.15, 0.2) is 0 Å². The Kier molecular flexibility index (Phi) is 5.73. The molecule has 0 bridgehead atoms. The van der Waals surface area contributed by atoms with Crippen LogP contribution in [0.15, 0.2) is 48.5 Å². The van der Waals surface area contributed by atoms with Crippen molar-refractivity contribution in [3.8, 4) is 16.9 Å². The van der Waals surface area contributed by atoms with Crippen LogP contribution in [0.25, 0.3) is 11.1 Å². The smallest absolute Gasteiger partial charge is 0.335 e. The summed E-state index contributed by atoms with van der Waals surface area (Å²) in [4.78, 5) is 11.2. The van der Waals surface area contributed by atoms with Crippen molar-refractivity contribution in [2.45, 2.75) is 30.7 Å². The number of para-hydroxylation sites is 1. The normalized spacial score (nSPS) is 27.9. The highest BCUT2D eigenvalue weighted by molar-refractivity contribution is 5.89. The predicted octanol–water partition coefficient (Wildman–Crippen LogP) is 0.230. The summed E-state index contributed by atoms with van der Waals surface area (Å²) in [5, 5.41) is 48.3. The van der Waals surface area contributed by atoms with Gasteiger partial charge in [0.2, 0.25) is 6.29 Å². The van der Waals surface area contributed by atoms with Gasteiger partial charge < -0.3 is 35.0 Å². The molecule has 0 aliphatic carbocycles. The third-order valence-electron chi connectivity index (χ3n) is 4.40. The number of aliphatic hydroxyl groups is 4. The zero-order valence-corrected chi connectivity index (χ0v) is 14.2. The molecule has 1 fully saturated rings. The van der Waals surface area contributed by atoms with Gasteiger partial charge in [-0.05, 0) is 23.8 Å². The topological polar surface area (TPSA) is 137 Å². The van der Waals surface area contributed by atoms with E-state index in [0.717, 1.165) is 0 Å². The van der Waals surface area contributed by atoms with E-state index in [-0.39, 0.29) is 11.3 Å². The number of aliphatic hydroxyl groups excluding tert-OH is 4. The molecular formula is C19H20O8. The third-order valence-corrected chi connectivity index (χ3v) is 4.40. The molecule has 5 atom stereocenters. The van der Waals surface area contributed by atoms with Crippen molar-refractivity contribution in [3.63, 3.8) is 0 Å². The molecule has 0 aromatic heterocycles. The molecule has 0 spiro atoms. The number of rotatable bonds is 5. The Labute approximate surface area is 154 Å². The summed E-state index contributed by atoms with van der Waals surface area (Å²) >= 11 is 0. The van der Waals surface area contributed by atoms with Crippen molar-refractivity contribution >= 4 is 5.97 Å². The minimum Gasteiger partial charge on any atom is -0.478 e. The summed E-state index contributed by atoms with van der Waals surface area (Å²) in [5.41, 5.74) is 1.24. The number of hydrogen-bond acceptors (Lipinski definition) is 7. The maximum absolute atomic E-state index is 11.2. The maximum atomic E-state index is 11.2. The van der Waals surface area contributed by atoms with Crippen LogP contribution in [0.1, 0.15) is 10.4 Å². The second-order valence-corrected chi connectivity index (χ2v) is 6.20. The van der Waals surface area contributed by atoms with E-state index in [4.69, 9.17) is 9.47 Å². The van der Waals surface area contributed by atoms with Gasteiger partial charge in [-0.15, -0.1) is 0 Å². The van der Waals surface area contributed by atoms with Gasteiger partial charge in [-0.3, -0.25) is 0 Å². The highest BCUT2D eigenvalue weighted by Crippen LogP contribution is 2.33. The lowest BCUT2D eigenvalue weighted by Gasteiger charge is -2.39. The van der Waals surface area contributed by atoms with Crippen LogP contribution in [0.2, 0.25) is 0 Å². The summed E-state index contributed by atoms with van der Waals surface area (Å²) in [5.74, 6) is -0.784. The monoisotopic (exact) mass is 376 g/mol. The highest BCUT2D eigenvalue weighted by atomic mass is 16.7. The fraction of sp³-hybridized carbons (Fsp3) is 0.316. The molecule has 2 aromatic rings. The highest BCUT2D eigenvalue weighted by Gasteiger charge is 2.44. The number of hydrogen-bond donors (Lipinski definition) is 5. The molecular weight excluding hydrogens is 356 g/mol. The molecule has 1 saturated heterocycles. The fourth-order valence-electron chi connectivity index (χ4n) is 2.92. The minimum absolute atomic E-state index is 0.107. The van der Waals surface area contributed by atoms with Gasteiger partial charge in [-0.25, -0.2) is 4.79 Å². The Morgan fingerprint density at radius 1 is 1.00 bits per heavy atom. The number of carboxylic acids is 1. The van der Waals surface area contributed by atoms with Gasteiger partial charge in [0, 0.05) is 5.56 Å². The average Bonchev–Trinajstić information content (AvgIpc) is 2.69. The lowest BCUT2D eigenvalue weighted by Crippen LogP contribution is -2.60. The van der Waals surface area contributed by atoms with E-state index in [0.29, 0.717) is 11.1 Å². The molecule has 5 N–H and O–H groups in total. The lowest BCUT2D eigenvalue weighted by atomic mass is 9.99. The molecule has 0 saturated carbocycles. The van der Waals surface area contributed by atoms with Crippen molar-refractivity contribution in [3.05, 3.63) is 54.1 Å². The van der Waals surface area contributed by atoms with E-state index in [9.17, 15) is 30.3 Å². The van der Waals surface area contributed by atoms with Gasteiger partial charge in [-0.2, -0.15) is 0 Å². The Hall–Kier alpha value is -2.49. The van der Waals surface area contributed by atoms with Crippen molar-refractivity contribution in [1.29, 1.82) is 0 Å².